The third kappa shape index (κ3) is 8.64. The number of alkyl halides is 3. The smallest absolute Gasteiger partial charge is 0.485 e. The molecule has 0 bridgehead atoms. The summed E-state index contributed by atoms with van der Waals surface area (Å²) in [5.74, 6) is 0.101. The number of hydrogen-bond acceptors (Lipinski definition) is 5. The second-order valence-corrected chi connectivity index (χ2v) is 10.4. The van der Waals surface area contributed by atoms with Crippen molar-refractivity contribution < 1.29 is 40.3 Å². The molecule has 0 radical (unpaired) electrons. The maximum atomic E-state index is 12.6. The first-order valence-corrected chi connectivity index (χ1v) is 12.7. The van der Waals surface area contributed by atoms with E-state index >= 15 is 0 Å². The number of carbonyl (C=O) groups is 2. The van der Waals surface area contributed by atoms with Gasteiger partial charge in [0.05, 0.1) is 12.8 Å². The SMILES string of the molecule is C[n+]1c(CC(=O)c2ccc(Br)cc2)cccc1CC(=O)c1ccc(Br)cc1.O=S(=O)([O-])C(F)(F)F. The van der Waals surface area contributed by atoms with Crippen molar-refractivity contribution in [3.8, 4) is 0 Å². The lowest BCUT2D eigenvalue weighted by molar-refractivity contribution is -0.685. The molecule has 0 saturated heterocycles. The first kappa shape index (κ1) is 28.8. The number of Topliss-reactive ketones (excluding diaryl/α,β-unsaturated/α-hetero) is 2. The zero-order chi connectivity index (χ0) is 26.4. The highest BCUT2D eigenvalue weighted by Gasteiger charge is 2.36. The van der Waals surface area contributed by atoms with Gasteiger partial charge in [0.2, 0.25) is 0 Å². The summed E-state index contributed by atoms with van der Waals surface area (Å²) in [7, 11) is -4.19. The van der Waals surface area contributed by atoms with Crippen LogP contribution in [0.2, 0.25) is 0 Å². The third-order valence-electron chi connectivity index (χ3n) is 4.74. The summed E-state index contributed by atoms with van der Waals surface area (Å²) in [5, 5.41) is 0. The Morgan fingerprint density at radius 2 is 1.11 bits per heavy atom. The second kappa shape index (κ2) is 12.0. The Kier molecular flexibility index (Phi) is 9.90. The number of aromatic nitrogens is 1. The number of hydrogen-bond donors (Lipinski definition) is 0. The van der Waals surface area contributed by atoms with Crippen LogP contribution < -0.4 is 4.57 Å². The third-order valence-corrected chi connectivity index (χ3v) is 6.36. The van der Waals surface area contributed by atoms with Crippen LogP contribution in [0.4, 0.5) is 13.2 Å². The van der Waals surface area contributed by atoms with Crippen molar-refractivity contribution in [2.75, 3.05) is 0 Å². The molecule has 0 aliphatic heterocycles. The fourth-order valence-electron chi connectivity index (χ4n) is 2.84. The van der Waals surface area contributed by atoms with Crippen LogP contribution in [0.5, 0.6) is 0 Å². The Bertz CT molecular complexity index is 1230. The standard InChI is InChI=1S/C22H18Br2NO2.CHF3O3S/c1-25-19(13-21(26)15-5-9-17(23)10-6-15)3-2-4-20(25)14-22(27)16-7-11-18(24)12-8-16;2-1(3,4)8(5,6)7/h2-12H,13-14H2,1H3;(H,5,6,7)/q+1;/p-1. The van der Waals surface area contributed by atoms with Crippen LogP contribution in [0.1, 0.15) is 32.1 Å². The van der Waals surface area contributed by atoms with Crippen molar-refractivity contribution in [3.63, 3.8) is 0 Å². The van der Waals surface area contributed by atoms with Gasteiger partial charge in [0.15, 0.2) is 33.1 Å². The normalized spacial score (nSPS) is 11.4. The fourth-order valence-corrected chi connectivity index (χ4v) is 3.37. The van der Waals surface area contributed by atoms with E-state index in [1.54, 1.807) is 0 Å². The van der Waals surface area contributed by atoms with E-state index in [1.165, 1.54) is 0 Å². The average molecular weight is 637 g/mol. The molecular formula is C23H18Br2F3NO5S. The van der Waals surface area contributed by atoms with E-state index in [1.807, 2.05) is 78.3 Å². The van der Waals surface area contributed by atoms with Gasteiger partial charge >= 0.3 is 5.51 Å². The van der Waals surface area contributed by atoms with Gasteiger partial charge in [-0.25, -0.2) is 13.0 Å². The monoisotopic (exact) mass is 635 g/mol. The van der Waals surface area contributed by atoms with Crippen LogP contribution in [0.3, 0.4) is 0 Å². The topological polar surface area (TPSA) is 95.2 Å². The van der Waals surface area contributed by atoms with Crippen LogP contribution in [0, 0.1) is 0 Å². The number of rotatable bonds is 6. The number of carbonyl (C=O) groups excluding carboxylic acids is 2. The molecule has 3 rings (SSSR count). The van der Waals surface area contributed by atoms with Crippen molar-refractivity contribution >= 4 is 53.5 Å². The van der Waals surface area contributed by atoms with Gasteiger partial charge in [0, 0.05) is 32.2 Å². The van der Waals surface area contributed by atoms with Crippen molar-refractivity contribution in [3.05, 3.63) is 98.2 Å². The van der Waals surface area contributed by atoms with Crippen molar-refractivity contribution in [1.29, 1.82) is 0 Å². The number of benzene rings is 2. The number of halogens is 5. The summed E-state index contributed by atoms with van der Waals surface area (Å²) in [6.45, 7) is 0. The predicted molar refractivity (Wildman–Crippen MR) is 128 cm³/mol. The van der Waals surface area contributed by atoms with Crippen LogP contribution in [0.15, 0.2) is 75.7 Å². The Balaban J connectivity index is 0.000000466. The van der Waals surface area contributed by atoms with Crippen LogP contribution in [0.25, 0.3) is 0 Å². The first-order chi connectivity index (χ1) is 16.2. The number of ketones is 2. The molecule has 0 spiro atoms. The quantitative estimate of drug-likeness (QED) is 0.165. The molecule has 35 heavy (non-hydrogen) atoms. The molecule has 0 aliphatic rings. The molecule has 0 atom stereocenters. The summed E-state index contributed by atoms with van der Waals surface area (Å²) in [4.78, 5) is 25.1. The number of nitrogens with zero attached hydrogens (tertiary/aromatic N) is 1. The van der Waals surface area contributed by atoms with Gasteiger partial charge < -0.3 is 4.55 Å². The molecule has 12 heteroatoms. The minimum atomic E-state index is -6.09. The van der Waals surface area contributed by atoms with Crippen molar-refractivity contribution in [2.45, 2.75) is 18.3 Å². The molecule has 2 aromatic carbocycles. The van der Waals surface area contributed by atoms with E-state index in [0.717, 1.165) is 20.3 Å². The van der Waals surface area contributed by atoms with Gasteiger partial charge in [-0.1, -0.05) is 56.1 Å². The minimum absolute atomic E-state index is 0.0505. The molecule has 0 N–H and O–H groups in total. The largest absolute Gasteiger partial charge is 0.741 e. The zero-order valence-corrected chi connectivity index (χ0v) is 22.0. The molecule has 0 saturated carbocycles. The maximum absolute atomic E-state index is 12.6. The predicted octanol–water partition coefficient (Wildman–Crippen LogP) is 4.94. The van der Waals surface area contributed by atoms with Crippen LogP contribution in [-0.4, -0.2) is 30.0 Å². The molecule has 0 amide bonds. The van der Waals surface area contributed by atoms with Gasteiger partial charge in [-0.3, -0.25) is 9.59 Å². The molecule has 0 unspecified atom stereocenters. The average Bonchev–Trinajstić information content (AvgIpc) is 2.76. The molecular weight excluding hydrogens is 619 g/mol. The highest BCUT2D eigenvalue weighted by molar-refractivity contribution is 9.10. The van der Waals surface area contributed by atoms with E-state index in [0.29, 0.717) is 24.0 Å². The maximum Gasteiger partial charge on any atom is 0.485 e. The number of pyridine rings is 1. The van der Waals surface area contributed by atoms with Crippen molar-refractivity contribution in [1.82, 2.24) is 0 Å². The van der Waals surface area contributed by atoms with Gasteiger partial charge in [-0.05, 0) is 30.3 Å². The second-order valence-electron chi connectivity index (χ2n) is 7.18. The van der Waals surface area contributed by atoms with E-state index < -0.39 is 15.6 Å². The Morgan fingerprint density at radius 1 is 0.800 bits per heavy atom. The lowest BCUT2D eigenvalue weighted by Gasteiger charge is -2.08. The van der Waals surface area contributed by atoms with Crippen LogP contribution >= 0.6 is 31.9 Å². The van der Waals surface area contributed by atoms with E-state index in [9.17, 15) is 22.8 Å². The van der Waals surface area contributed by atoms with E-state index in [-0.39, 0.29) is 11.6 Å². The highest BCUT2D eigenvalue weighted by atomic mass is 79.9. The van der Waals surface area contributed by atoms with Crippen LogP contribution in [-0.2, 0) is 30.0 Å². The molecule has 0 fully saturated rings. The summed E-state index contributed by atoms with van der Waals surface area (Å²) < 4.78 is 62.7. The van der Waals surface area contributed by atoms with Gasteiger partial charge in [0.1, 0.15) is 7.05 Å². The summed E-state index contributed by atoms with van der Waals surface area (Å²) >= 11 is 6.76. The molecule has 1 heterocycles. The highest BCUT2D eigenvalue weighted by Crippen LogP contribution is 2.20. The lowest BCUT2D eigenvalue weighted by atomic mass is 10.0. The van der Waals surface area contributed by atoms with Gasteiger partial charge in [-0.15, -0.1) is 0 Å². The summed E-state index contributed by atoms with van der Waals surface area (Å²) in [6, 6.07) is 20.4. The van der Waals surface area contributed by atoms with Gasteiger partial charge in [-0.2, -0.15) is 13.2 Å². The Labute approximate surface area is 216 Å². The van der Waals surface area contributed by atoms with E-state index in [4.69, 9.17) is 13.0 Å². The Morgan fingerprint density at radius 3 is 1.40 bits per heavy atom. The molecule has 0 aliphatic carbocycles. The van der Waals surface area contributed by atoms with E-state index in [2.05, 4.69) is 31.9 Å². The Hall–Kier alpha value is -2.41. The van der Waals surface area contributed by atoms with Crippen molar-refractivity contribution in [2.24, 2.45) is 7.05 Å². The molecule has 1 aromatic heterocycles. The molecule has 3 aromatic rings. The summed E-state index contributed by atoms with van der Waals surface area (Å²) in [5.41, 5.74) is -2.54. The molecule has 186 valence electrons. The lowest BCUT2D eigenvalue weighted by Crippen LogP contribution is -2.40. The van der Waals surface area contributed by atoms with Gasteiger partial charge in [0.25, 0.3) is 0 Å². The fraction of sp³-hybridized carbons (Fsp3) is 0.174. The minimum Gasteiger partial charge on any atom is -0.741 e. The molecule has 6 nitrogen and oxygen atoms in total. The first-order valence-electron chi connectivity index (χ1n) is 9.75. The summed E-state index contributed by atoms with van der Waals surface area (Å²) in [6.07, 6.45) is 0.580. The zero-order valence-electron chi connectivity index (χ0n) is 18.1.